The maximum atomic E-state index is 4.72. The van der Waals surface area contributed by atoms with E-state index in [-0.39, 0.29) is 5.41 Å². The van der Waals surface area contributed by atoms with Crippen LogP contribution in [-0.2, 0) is 5.41 Å². The number of benzene rings is 4. The van der Waals surface area contributed by atoms with Crippen LogP contribution >= 0.6 is 0 Å². The van der Waals surface area contributed by atoms with Crippen LogP contribution in [0.4, 0.5) is 5.69 Å². The summed E-state index contributed by atoms with van der Waals surface area (Å²) in [6.45, 7) is 11.2. The Labute approximate surface area is 203 Å². The first-order chi connectivity index (χ1) is 16.4. The molecule has 170 valence electrons. The fourth-order valence-electron chi connectivity index (χ4n) is 4.08. The largest absolute Gasteiger partial charge is 0.295 e. The van der Waals surface area contributed by atoms with Crippen molar-refractivity contribution >= 4 is 17.2 Å². The highest BCUT2D eigenvalue weighted by atomic mass is 15.2. The van der Waals surface area contributed by atoms with E-state index < -0.39 is 0 Å². The molecule has 0 aromatic heterocycles. The van der Waals surface area contributed by atoms with Gasteiger partial charge in [-0.25, -0.2) is 0 Å². The van der Waals surface area contributed by atoms with Gasteiger partial charge >= 0.3 is 0 Å². The third-order valence-corrected chi connectivity index (χ3v) is 6.04. The molecule has 34 heavy (non-hydrogen) atoms. The summed E-state index contributed by atoms with van der Waals surface area (Å²) >= 11 is 0. The number of hydrogen-bond acceptors (Lipinski definition) is 1. The zero-order valence-corrected chi connectivity index (χ0v) is 20.5. The van der Waals surface area contributed by atoms with Crippen LogP contribution in [0, 0.1) is 0 Å². The summed E-state index contributed by atoms with van der Waals surface area (Å²) in [5.74, 6) is 0.857. The van der Waals surface area contributed by atoms with Gasteiger partial charge in [0, 0.05) is 24.0 Å². The van der Waals surface area contributed by atoms with Gasteiger partial charge in [-0.3, -0.25) is 9.89 Å². The van der Waals surface area contributed by atoms with Crippen molar-refractivity contribution in [1.29, 1.82) is 0 Å². The van der Waals surface area contributed by atoms with E-state index in [4.69, 9.17) is 4.99 Å². The first-order valence-electron chi connectivity index (χ1n) is 11.7. The molecule has 0 radical (unpaired) electrons. The zero-order valence-electron chi connectivity index (χ0n) is 20.5. The lowest BCUT2D eigenvalue weighted by molar-refractivity contribution is 0.590. The molecule has 0 aliphatic carbocycles. The van der Waals surface area contributed by atoms with Crippen molar-refractivity contribution in [2.75, 3.05) is 11.9 Å². The topological polar surface area (TPSA) is 15.6 Å². The highest BCUT2D eigenvalue weighted by Crippen LogP contribution is 2.30. The predicted octanol–water partition coefficient (Wildman–Crippen LogP) is 8.21. The summed E-state index contributed by atoms with van der Waals surface area (Å²) in [5, 5.41) is 0. The number of hydrogen-bond donors (Lipinski definition) is 0. The summed E-state index contributed by atoms with van der Waals surface area (Å²) < 4.78 is 0. The van der Waals surface area contributed by atoms with E-state index in [0.717, 1.165) is 28.3 Å². The number of nitrogens with zero attached hydrogens (tertiary/aromatic N) is 2. The average Bonchev–Trinajstić information content (AvgIpc) is 2.87. The first kappa shape index (κ1) is 23.3. The van der Waals surface area contributed by atoms with E-state index in [9.17, 15) is 0 Å². The molecule has 4 aromatic carbocycles. The van der Waals surface area contributed by atoms with Crippen molar-refractivity contribution in [3.05, 3.63) is 132 Å². The maximum absolute atomic E-state index is 4.72. The Kier molecular flexibility index (Phi) is 6.79. The second-order valence-electron chi connectivity index (χ2n) is 9.44. The van der Waals surface area contributed by atoms with E-state index in [1.807, 2.05) is 31.3 Å². The highest BCUT2D eigenvalue weighted by molar-refractivity contribution is 6.17. The van der Waals surface area contributed by atoms with Crippen LogP contribution in [0.1, 0.15) is 37.5 Å². The smallest absolute Gasteiger partial charge is 0.139 e. The molecular weight excluding hydrogens is 412 g/mol. The van der Waals surface area contributed by atoms with Gasteiger partial charge in [0.2, 0.25) is 0 Å². The molecule has 0 bridgehead atoms. The summed E-state index contributed by atoms with van der Waals surface area (Å²) in [6, 6.07) is 38.0. The molecule has 2 heteroatoms. The number of anilines is 1. The minimum absolute atomic E-state index is 0.107. The molecule has 0 heterocycles. The molecule has 4 aromatic rings. The third-order valence-electron chi connectivity index (χ3n) is 6.04. The second-order valence-corrected chi connectivity index (χ2v) is 9.44. The number of rotatable bonds is 5. The van der Waals surface area contributed by atoms with Crippen molar-refractivity contribution in [3.63, 3.8) is 0 Å². The van der Waals surface area contributed by atoms with Gasteiger partial charge in [-0.2, -0.15) is 0 Å². The van der Waals surface area contributed by atoms with Gasteiger partial charge in [-0.05, 0) is 39.8 Å². The minimum atomic E-state index is 0.107. The molecule has 0 spiro atoms. The molecule has 0 saturated heterocycles. The second kappa shape index (κ2) is 9.93. The van der Waals surface area contributed by atoms with Gasteiger partial charge < -0.3 is 0 Å². The van der Waals surface area contributed by atoms with Gasteiger partial charge in [-0.1, -0.05) is 124 Å². The molecule has 2 nitrogen and oxygen atoms in total. The lowest BCUT2D eigenvalue weighted by Crippen LogP contribution is -2.30. The van der Waals surface area contributed by atoms with Crippen LogP contribution in [0.25, 0.3) is 16.8 Å². The van der Waals surface area contributed by atoms with Crippen LogP contribution in [0.3, 0.4) is 0 Å². The molecular formula is C32H32N2. The Hall–Kier alpha value is -3.91. The Balaban J connectivity index is 1.72. The molecule has 4 rings (SSSR count). The minimum Gasteiger partial charge on any atom is -0.295 e. The van der Waals surface area contributed by atoms with Gasteiger partial charge in [0.05, 0.1) is 0 Å². The van der Waals surface area contributed by atoms with Crippen LogP contribution in [0.15, 0.2) is 121 Å². The first-order valence-corrected chi connectivity index (χ1v) is 11.7. The van der Waals surface area contributed by atoms with Crippen LogP contribution in [-0.4, -0.2) is 12.9 Å². The van der Waals surface area contributed by atoms with Gasteiger partial charge in [0.25, 0.3) is 0 Å². The van der Waals surface area contributed by atoms with Crippen LogP contribution in [0.5, 0.6) is 0 Å². The molecule has 0 aliphatic rings. The Bertz CT molecular complexity index is 1260. The molecule has 0 saturated carbocycles. The van der Waals surface area contributed by atoms with E-state index in [1.165, 1.54) is 16.7 Å². The molecule has 0 atom stereocenters. The quantitative estimate of drug-likeness (QED) is 0.224. The maximum Gasteiger partial charge on any atom is 0.139 e. The zero-order chi connectivity index (χ0) is 24.1. The molecule has 0 aliphatic heterocycles. The van der Waals surface area contributed by atoms with Crippen LogP contribution < -0.4 is 4.90 Å². The standard InChI is InChI=1S/C32H32N2/c1-24(25-20-22-29(23-21-25)32(2,3)4)34(30-14-10-7-11-15-30)31(33-5)28-18-16-27(17-19-28)26-12-8-6-9-13-26/h6-23H,1H2,2-5H3/b33-31-. The fourth-order valence-corrected chi connectivity index (χ4v) is 4.08. The summed E-state index contributed by atoms with van der Waals surface area (Å²) in [7, 11) is 1.84. The van der Waals surface area contributed by atoms with Crippen molar-refractivity contribution < 1.29 is 0 Å². The lowest BCUT2D eigenvalue weighted by atomic mass is 9.86. The predicted molar refractivity (Wildman–Crippen MR) is 147 cm³/mol. The third kappa shape index (κ3) is 5.02. The van der Waals surface area contributed by atoms with E-state index in [0.29, 0.717) is 0 Å². The normalized spacial score (nSPS) is 11.8. The summed E-state index contributed by atoms with van der Waals surface area (Å²) in [4.78, 5) is 6.87. The van der Waals surface area contributed by atoms with Crippen molar-refractivity contribution in [1.82, 2.24) is 0 Å². The average molecular weight is 445 g/mol. The monoisotopic (exact) mass is 444 g/mol. The summed E-state index contributed by atoms with van der Waals surface area (Å²) in [5.41, 5.74) is 7.82. The summed E-state index contributed by atoms with van der Waals surface area (Å²) in [6.07, 6.45) is 0. The fraction of sp³-hybridized carbons (Fsp3) is 0.156. The van der Waals surface area contributed by atoms with E-state index in [1.54, 1.807) is 0 Å². The molecule has 0 fully saturated rings. The molecule has 0 unspecified atom stereocenters. The SMILES string of the molecule is C=C(c1ccc(C(C)(C)C)cc1)N(/C(=N\C)c1ccc(-c2ccccc2)cc1)c1ccccc1. The van der Waals surface area contributed by atoms with Gasteiger partial charge in [0.15, 0.2) is 0 Å². The Morgan fingerprint density at radius 1 is 0.647 bits per heavy atom. The Morgan fingerprint density at radius 2 is 1.15 bits per heavy atom. The lowest BCUT2D eigenvalue weighted by Gasteiger charge is -2.29. The van der Waals surface area contributed by atoms with E-state index in [2.05, 4.69) is 117 Å². The van der Waals surface area contributed by atoms with Crippen LogP contribution in [0.2, 0.25) is 0 Å². The molecule has 0 N–H and O–H groups in total. The number of amidine groups is 1. The number of para-hydroxylation sites is 1. The van der Waals surface area contributed by atoms with Crippen molar-refractivity contribution in [2.24, 2.45) is 4.99 Å². The van der Waals surface area contributed by atoms with Crippen molar-refractivity contribution in [3.8, 4) is 11.1 Å². The van der Waals surface area contributed by atoms with E-state index >= 15 is 0 Å². The van der Waals surface area contributed by atoms with Gasteiger partial charge in [0.1, 0.15) is 5.84 Å². The van der Waals surface area contributed by atoms with Gasteiger partial charge in [-0.15, -0.1) is 0 Å². The number of aliphatic imine (C=N–C) groups is 1. The molecule has 0 amide bonds. The van der Waals surface area contributed by atoms with Crippen molar-refractivity contribution in [2.45, 2.75) is 26.2 Å². The highest BCUT2D eigenvalue weighted by Gasteiger charge is 2.21. The Morgan fingerprint density at radius 3 is 1.68 bits per heavy atom.